The van der Waals surface area contributed by atoms with Crippen LogP contribution in [0.1, 0.15) is 265 Å². The quantitative estimate of drug-likeness (QED) is 0.0222. The smallest absolute Gasteiger partial charge is 0.462 e. The van der Waals surface area contributed by atoms with Crippen LogP contribution >= 0.6 is 15.6 Å². The molecule has 0 heterocycles. The molecule has 5 atom stereocenters. The van der Waals surface area contributed by atoms with Gasteiger partial charge in [-0.25, -0.2) is 9.13 Å². The van der Waals surface area contributed by atoms with Gasteiger partial charge in [-0.3, -0.25) is 37.3 Å². The lowest BCUT2D eigenvalue weighted by Gasteiger charge is -2.21. The SMILES string of the molecule is CCCCCCCCCCCCCCC(=O)O[C@H](COC(=O)CCCCCCCCCCCC)COP(=O)(O)OC[C@@H](O)COP(=O)(O)OC[C@@H](COC(=O)CCCCCC)OC(=O)CCCCCCCCC. The number of aliphatic hydroxyl groups is 1. The van der Waals surface area contributed by atoms with E-state index in [1.54, 1.807) is 0 Å². The van der Waals surface area contributed by atoms with Crippen molar-refractivity contribution in [1.29, 1.82) is 0 Å². The maximum atomic E-state index is 12.9. The summed E-state index contributed by atoms with van der Waals surface area (Å²) in [5.41, 5.74) is 0. The second-order valence-corrected chi connectivity index (χ2v) is 22.5. The van der Waals surface area contributed by atoms with Gasteiger partial charge in [-0.15, -0.1) is 0 Å². The van der Waals surface area contributed by atoms with E-state index in [9.17, 15) is 43.2 Å². The Morgan fingerprint density at radius 2 is 0.548 bits per heavy atom. The fraction of sp³-hybridized carbons (Fsp3) is 0.926. The lowest BCUT2D eigenvalue weighted by atomic mass is 10.0. The normalized spacial score (nSPS) is 14.5. The molecule has 0 aromatic rings. The van der Waals surface area contributed by atoms with Gasteiger partial charge in [0.25, 0.3) is 0 Å². The fourth-order valence-corrected chi connectivity index (χ4v) is 9.44. The van der Waals surface area contributed by atoms with Crippen molar-refractivity contribution in [1.82, 2.24) is 0 Å². The predicted molar refractivity (Wildman–Crippen MR) is 285 cm³/mol. The van der Waals surface area contributed by atoms with Crippen LogP contribution in [0.5, 0.6) is 0 Å². The molecule has 0 bridgehead atoms. The Labute approximate surface area is 441 Å². The first-order valence-corrected chi connectivity index (χ1v) is 31.8. The Morgan fingerprint density at radius 1 is 0.329 bits per heavy atom. The molecule has 0 aliphatic heterocycles. The summed E-state index contributed by atoms with van der Waals surface area (Å²) < 4.78 is 67.2. The molecule has 0 aromatic carbocycles. The highest BCUT2D eigenvalue weighted by atomic mass is 31.2. The van der Waals surface area contributed by atoms with E-state index in [0.717, 1.165) is 103 Å². The number of hydrogen-bond donors (Lipinski definition) is 3. The fourth-order valence-electron chi connectivity index (χ4n) is 7.87. The number of esters is 4. The molecule has 2 unspecified atom stereocenters. The van der Waals surface area contributed by atoms with Gasteiger partial charge >= 0.3 is 39.5 Å². The molecule has 0 radical (unpaired) electrons. The topological polar surface area (TPSA) is 237 Å². The van der Waals surface area contributed by atoms with Gasteiger partial charge in [-0.05, 0) is 25.7 Å². The van der Waals surface area contributed by atoms with Gasteiger partial charge in [0.1, 0.15) is 19.3 Å². The zero-order valence-corrected chi connectivity index (χ0v) is 47.9. The summed E-state index contributed by atoms with van der Waals surface area (Å²) in [7, 11) is -9.85. The molecule has 0 aliphatic carbocycles. The van der Waals surface area contributed by atoms with Crippen molar-refractivity contribution in [2.45, 2.75) is 284 Å². The van der Waals surface area contributed by atoms with Crippen LogP contribution in [-0.4, -0.2) is 96.7 Å². The lowest BCUT2D eigenvalue weighted by molar-refractivity contribution is -0.161. The van der Waals surface area contributed by atoms with Crippen LogP contribution in [0.3, 0.4) is 0 Å². The van der Waals surface area contributed by atoms with Crippen molar-refractivity contribution in [3.8, 4) is 0 Å². The Morgan fingerprint density at radius 3 is 0.822 bits per heavy atom. The number of hydrogen-bond acceptors (Lipinski definition) is 15. The molecule has 73 heavy (non-hydrogen) atoms. The summed E-state index contributed by atoms with van der Waals surface area (Å²) in [5.74, 6) is -2.17. The Bertz CT molecular complexity index is 1440. The molecule has 0 saturated carbocycles. The van der Waals surface area contributed by atoms with E-state index in [1.165, 1.54) is 83.5 Å². The predicted octanol–water partition coefficient (Wildman–Crippen LogP) is 14.0. The second-order valence-electron chi connectivity index (χ2n) is 19.6. The first-order valence-electron chi connectivity index (χ1n) is 28.8. The average molecular weight is 1090 g/mol. The molecule has 0 fully saturated rings. The summed E-state index contributed by atoms with van der Waals surface area (Å²) in [6, 6.07) is 0. The monoisotopic (exact) mass is 1090 g/mol. The number of aliphatic hydroxyl groups excluding tert-OH is 1. The highest BCUT2D eigenvalue weighted by Gasteiger charge is 2.30. The number of carbonyl (C=O) groups is 4. The van der Waals surface area contributed by atoms with E-state index in [1.807, 2.05) is 6.92 Å². The van der Waals surface area contributed by atoms with Crippen molar-refractivity contribution in [3.63, 3.8) is 0 Å². The molecule has 0 amide bonds. The highest BCUT2D eigenvalue weighted by molar-refractivity contribution is 7.47. The zero-order valence-electron chi connectivity index (χ0n) is 46.1. The Kier molecular flexibility index (Phi) is 48.3. The number of phosphoric acid groups is 2. The maximum absolute atomic E-state index is 12.9. The first kappa shape index (κ1) is 71.1. The van der Waals surface area contributed by atoms with Gasteiger partial charge in [-0.1, -0.05) is 214 Å². The Hall–Kier alpha value is -1.94. The van der Waals surface area contributed by atoms with Crippen molar-refractivity contribution in [3.05, 3.63) is 0 Å². The van der Waals surface area contributed by atoms with Gasteiger partial charge in [0.2, 0.25) is 0 Å². The number of rotatable bonds is 55. The van der Waals surface area contributed by atoms with E-state index in [2.05, 4.69) is 20.8 Å². The van der Waals surface area contributed by atoms with Crippen LogP contribution < -0.4 is 0 Å². The summed E-state index contributed by atoms with van der Waals surface area (Å²) >= 11 is 0. The van der Waals surface area contributed by atoms with Crippen LogP contribution in [-0.2, 0) is 65.4 Å². The summed E-state index contributed by atoms with van der Waals surface area (Å²) in [6.45, 7) is 4.64. The number of unbranched alkanes of at least 4 members (excludes halogenated alkanes) is 29. The Balaban J connectivity index is 5.15. The van der Waals surface area contributed by atoms with E-state index < -0.39 is 97.5 Å². The molecule has 0 aliphatic rings. The van der Waals surface area contributed by atoms with E-state index in [-0.39, 0.29) is 25.7 Å². The number of carbonyl (C=O) groups excluding carboxylic acids is 4. The maximum Gasteiger partial charge on any atom is 0.472 e. The van der Waals surface area contributed by atoms with Crippen molar-refractivity contribution < 1.29 is 80.2 Å². The van der Waals surface area contributed by atoms with Gasteiger partial charge in [0, 0.05) is 25.7 Å². The van der Waals surface area contributed by atoms with Crippen molar-refractivity contribution in [2.75, 3.05) is 39.6 Å². The minimum absolute atomic E-state index is 0.103. The summed E-state index contributed by atoms with van der Waals surface area (Å²) in [4.78, 5) is 71.2. The van der Waals surface area contributed by atoms with Crippen LogP contribution in [0, 0.1) is 0 Å². The van der Waals surface area contributed by atoms with Crippen LogP contribution in [0.15, 0.2) is 0 Å². The van der Waals surface area contributed by atoms with Crippen LogP contribution in [0.4, 0.5) is 0 Å². The minimum Gasteiger partial charge on any atom is -0.462 e. The minimum atomic E-state index is -4.93. The number of ether oxygens (including phenoxy) is 4. The number of phosphoric ester groups is 2. The third-order valence-corrected chi connectivity index (χ3v) is 14.3. The van der Waals surface area contributed by atoms with E-state index in [0.29, 0.717) is 25.7 Å². The van der Waals surface area contributed by atoms with Crippen LogP contribution in [0.2, 0.25) is 0 Å². The van der Waals surface area contributed by atoms with Gasteiger partial charge < -0.3 is 33.8 Å². The molecule has 0 aromatic heterocycles. The molecule has 432 valence electrons. The second kappa shape index (κ2) is 49.6. The molecule has 17 nitrogen and oxygen atoms in total. The average Bonchev–Trinajstić information content (AvgIpc) is 3.36. The van der Waals surface area contributed by atoms with Gasteiger partial charge in [-0.2, -0.15) is 0 Å². The molecule has 0 spiro atoms. The summed E-state index contributed by atoms with van der Waals surface area (Å²) in [6.07, 6.45) is 31.3. The summed E-state index contributed by atoms with van der Waals surface area (Å²) in [5, 5.41) is 10.4. The molecule has 3 N–H and O–H groups in total. The molecule has 0 rings (SSSR count). The molecule has 19 heteroatoms. The van der Waals surface area contributed by atoms with Gasteiger partial charge in [0.15, 0.2) is 12.2 Å². The zero-order chi connectivity index (χ0) is 54.1. The van der Waals surface area contributed by atoms with Gasteiger partial charge in [0.05, 0.1) is 26.4 Å². The van der Waals surface area contributed by atoms with Crippen molar-refractivity contribution >= 4 is 39.5 Å². The van der Waals surface area contributed by atoms with Crippen LogP contribution in [0.25, 0.3) is 0 Å². The third kappa shape index (κ3) is 49.4. The highest BCUT2D eigenvalue weighted by Crippen LogP contribution is 2.45. The first-order chi connectivity index (χ1) is 35.2. The molecular weight excluding hydrogens is 983 g/mol. The third-order valence-electron chi connectivity index (χ3n) is 12.4. The van der Waals surface area contributed by atoms with Crippen molar-refractivity contribution in [2.24, 2.45) is 0 Å². The van der Waals surface area contributed by atoms with E-state index >= 15 is 0 Å². The molecule has 0 saturated heterocycles. The standard InChI is InChI=1S/C54H104O17P2/c1-5-9-13-17-20-22-24-25-27-30-33-37-41-54(59)71-50(45-65-52(57)39-35-31-29-26-23-21-18-14-10-6-2)47-69-73(62,63)67-43-48(55)42-66-72(60,61)68-46-49(44-64-51(56)38-34-16-12-8-4)70-53(58)40-36-32-28-19-15-11-7-3/h48-50,55H,5-47H2,1-4H3,(H,60,61)(H,62,63)/t48-,49+,50+/m0/s1. The lowest BCUT2D eigenvalue weighted by Crippen LogP contribution is -2.30. The van der Waals surface area contributed by atoms with E-state index in [4.69, 9.17) is 37.0 Å². The largest absolute Gasteiger partial charge is 0.472 e. The molecular formula is C54H104O17P2.